The highest BCUT2D eigenvalue weighted by Gasteiger charge is 2.53. The zero-order valence-corrected chi connectivity index (χ0v) is 18.6. The standard InChI is InChI=1S/C17H30O8P2/c1-7-22-26(18,23-8-2)17(27(19,24-9-3)25-10-4)15-13-14(20-5)11-12-16(15)21-6/h11-13,17H,7-10H2,1-6H3. The van der Waals surface area contributed by atoms with E-state index in [4.69, 9.17) is 27.6 Å². The Labute approximate surface area is 161 Å². The average molecular weight is 424 g/mol. The van der Waals surface area contributed by atoms with Gasteiger partial charge in [-0.2, -0.15) is 0 Å². The Morgan fingerprint density at radius 3 is 1.56 bits per heavy atom. The molecule has 0 unspecified atom stereocenters. The minimum Gasteiger partial charge on any atom is -0.497 e. The summed E-state index contributed by atoms with van der Waals surface area (Å²) < 4.78 is 60.1. The first-order valence-corrected chi connectivity index (χ1v) is 12.1. The first-order valence-electron chi connectivity index (χ1n) is 8.85. The van der Waals surface area contributed by atoms with Gasteiger partial charge in [-0.3, -0.25) is 9.13 Å². The van der Waals surface area contributed by atoms with E-state index in [-0.39, 0.29) is 26.4 Å². The molecule has 0 radical (unpaired) electrons. The van der Waals surface area contributed by atoms with E-state index < -0.39 is 20.6 Å². The fourth-order valence-electron chi connectivity index (χ4n) is 2.63. The minimum absolute atomic E-state index is 0.0955. The van der Waals surface area contributed by atoms with Gasteiger partial charge in [0.05, 0.1) is 40.6 Å². The summed E-state index contributed by atoms with van der Waals surface area (Å²) in [5.41, 5.74) is 0.312. The number of methoxy groups -OCH3 is 2. The SMILES string of the molecule is CCOP(=O)(OCC)C(c1cc(OC)ccc1OC)P(=O)(OCC)OCC. The molecule has 0 aliphatic carbocycles. The van der Waals surface area contributed by atoms with Crippen molar-refractivity contribution in [2.75, 3.05) is 40.6 Å². The van der Waals surface area contributed by atoms with Crippen LogP contribution in [0, 0.1) is 0 Å². The zero-order valence-electron chi connectivity index (χ0n) is 16.8. The first kappa shape index (κ1) is 24.2. The molecular formula is C17H30O8P2. The molecule has 10 heteroatoms. The molecule has 0 aromatic heterocycles. The van der Waals surface area contributed by atoms with Crippen molar-refractivity contribution in [3.63, 3.8) is 0 Å². The van der Waals surface area contributed by atoms with Gasteiger partial charge >= 0.3 is 15.2 Å². The third kappa shape index (κ3) is 5.80. The van der Waals surface area contributed by atoms with Gasteiger partial charge < -0.3 is 27.6 Å². The van der Waals surface area contributed by atoms with Crippen LogP contribution in [0.2, 0.25) is 0 Å². The van der Waals surface area contributed by atoms with Crippen molar-refractivity contribution in [3.05, 3.63) is 23.8 Å². The Balaban J connectivity index is 3.78. The normalized spacial score (nSPS) is 12.4. The molecule has 0 bridgehead atoms. The van der Waals surface area contributed by atoms with Crippen LogP contribution < -0.4 is 9.47 Å². The summed E-state index contributed by atoms with van der Waals surface area (Å²) in [6.45, 7) is 7.10. The van der Waals surface area contributed by atoms with Crippen LogP contribution in [0.5, 0.6) is 11.5 Å². The predicted molar refractivity (Wildman–Crippen MR) is 104 cm³/mol. The number of benzene rings is 1. The second kappa shape index (κ2) is 11.2. The van der Waals surface area contributed by atoms with Crippen LogP contribution in [0.3, 0.4) is 0 Å². The van der Waals surface area contributed by atoms with Crippen LogP contribution >= 0.6 is 15.2 Å². The van der Waals surface area contributed by atoms with Crippen LogP contribution in [0.15, 0.2) is 18.2 Å². The molecule has 8 nitrogen and oxygen atoms in total. The highest BCUT2D eigenvalue weighted by atomic mass is 31.2. The molecule has 27 heavy (non-hydrogen) atoms. The Bertz CT molecular complexity index is 629. The molecule has 0 amide bonds. The minimum atomic E-state index is -3.95. The highest BCUT2D eigenvalue weighted by molar-refractivity contribution is 7.72. The third-order valence-electron chi connectivity index (χ3n) is 3.55. The van der Waals surface area contributed by atoms with Gasteiger partial charge in [-0.25, -0.2) is 0 Å². The van der Waals surface area contributed by atoms with E-state index in [1.165, 1.54) is 14.2 Å². The number of hydrogen-bond acceptors (Lipinski definition) is 8. The Morgan fingerprint density at radius 1 is 0.778 bits per heavy atom. The maximum absolute atomic E-state index is 13.7. The predicted octanol–water partition coefficient (Wildman–Crippen LogP) is 5.23. The Morgan fingerprint density at radius 2 is 1.22 bits per heavy atom. The van der Waals surface area contributed by atoms with Crippen molar-refractivity contribution in [2.24, 2.45) is 0 Å². The van der Waals surface area contributed by atoms with Crippen LogP contribution in [-0.2, 0) is 27.2 Å². The molecule has 1 aromatic rings. The van der Waals surface area contributed by atoms with Crippen molar-refractivity contribution < 1.29 is 36.7 Å². The van der Waals surface area contributed by atoms with Gasteiger partial charge in [0, 0.05) is 5.56 Å². The maximum Gasteiger partial charge on any atom is 0.350 e. The zero-order chi connectivity index (χ0) is 20.5. The van der Waals surface area contributed by atoms with Crippen LogP contribution in [0.4, 0.5) is 0 Å². The van der Waals surface area contributed by atoms with Crippen LogP contribution in [0.25, 0.3) is 0 Å². The molecule has 0 aliphatic rings. The topological polar surface area (TPSA) is 89.5 Å². The Kier molecular flexibility index (Phi) is 10.0. The quantitative estimate of drug-likeness (QED) is 0.398. The largest absolute Gasteiger partial charge is 0.497 e. The summed E-state index contributed by atoms with van der Waals surface area (Å²) in [7, 11) is -4.95. The van der Waals surface area contributed by atoms with Gasteiger partial charge in [0.15, 0.2) is 5.40 Å². The van der Waals surface area contributed by atoms with Gasteiger partial charge in [-0.1, -0.05) is 0 Å². The molecule has 1 rings (SSSR count). The van der Waals surface area contributed by atoms with Gasteiger partial charge in [0.1, 0.15) is 11.5 Å². The van der Waals surface area contributed by atoms with Gasteiger partial charge in [0.2, 0.25) is 0 Å². The van der Waals surface area contributed by atoms with Crippen LogP contribution in [-0.4, -0.2) is 40.6 Å². The van der Waals surface area contributed by atoms with Gasteiger partial charge in [-0.15, -0.1) is 0 Å². The second-order valence-corrected chi connectivity index (χ2v) is 9.86. The second-order valence-electron chi connectivity index (χ2n) is 5.23. The molecule has 0 heterocycles. The van der Waals surface area contributed by atoms with Gasteiger partial charge in [0.25, 0.3) is 0 Å². The fourth-order valence-corrected chi connectivity index (χ4v) is 8.06. The molecule has 0 saturated heterocycles. The van der Waals surface area contributed by atoms with Gasteiger partial charge in [-0.05, 0) is 45.9 Å². The number of rotatable bonds is 13. The molecule has 0 saturated carbocycles. The highest BCUT2D eigenvalue weighted by Crippen LogP contribution is 2.79. The van der Waals surface area contributed by atoms with Crippen molar-refractivity contribution >= 4 is 15.2 Å². The Hall–Kier alpha value is -0.880. The first-order chi connectivity index (χ1) is 12.9. The molecule has 0 atom stereocenters. The summed E-state index contributed by atoms with van der Waals surface area (Å²) in [4.78, 5) is 0. The van der Waals surface area contributed by atoms with E-state index in [1.54, 1.807) is 45.9 Å². The fraction of sp³-hybridized carbons (Fsp3) is 0.647. The molecular weight excluding hydrogens is 394 g/mol. The van der Waals surface area contributed by atoms with Crippen molar-refractivity contribution in [1.29, 1.82) is 0 Å². The summed E-state index contributed by atoms with van der Waals surface area (Å²) in [5, 5.41) is -1.32. The number of ether oxygens (including phenoxy) is 2. The van der Waals surface area contributed by atoms with E-state index in [2.05, 4.69) is 0 Å². The van der Waals surface area contributed by atoms with Crippen molar-refractivity contribution in [1.82, 2.24) is 0 Å². The third-order valence-corrected chi connectivity index (χ3v) is 9.47. The van der Waals surface area contributed by atoms with Crippen molar-refractivity contribution in [3.8, 4) is 11.5 Å². The monoisotopic (exact) mass is 424 g/mol. The maximum atomic E-state index is 13.7. The van der Waals surface area contributed by atoms with Crippen LogP contribution in [0.1, 0.15) is 38.7 Å². The summed E-state index contributed by atoms with van der Waals surface area (Å²) in [6, 6.07) is 4.89. The molecule has 0 N–H and O–H groups in total. The van der Waals surface area contributed by atoms with E-state index >= 15 is 0 Å². The van der Waals surface area contributed by atoms with E-state index in [0.29, 0.717) is 17.1 Å². The molecule has 0 aliphatic heterocycles. The lowest BCUT2D eigenvalue weighted by molar-refractivity contribution is 0.195. The molecule has 1 aromatic carbocycles. The lowest BCUT2D eigenvalue weighted by Gasteiger charge is -2.32. The summed E-state index contributed by atoms with van der Waals surface area (Å²) in [5.74, 6) is 0.815. The molecule has 0 fully saturated rings. The lowest BCUT2D eigenvalue weighted by atomic mass is 10.2. The lowest BCUT2D eigenvalue weighted by Crippen LogP contribution is -2.13. The molecule has 156 valence electrons. The number of hydrogen-bond donors (Lipinski definition) is 0. The average Bonchev–Trinajstić information content (AvgIpc) is 2.62. The smallest absolute Gasteiger partial charge is 0.350 e. The summed E-state index contributed by atoms with van der Waals surface area (Å²) in [6.07, 6.45) is 0. The van der Waals surface area contributed by atoms with E-state index in [1.807, 2.05) is 0 Å². The van der Waals surface area contributed by atoms with Crippen molar-refractivity contribution in [2.45, 2.75) is 33.1 Å². The molecule has 0 spiro atoms. The van der Waals surface area contributed by atoms with E-state index in [0.717, 1.165) is 0 Å². The summed E-state index contributed by atoms with van der Waals surface area (Å²) >= 11 is 0. The van der Waals surface area contributed by atoms with E-state index in [9.17, 15) is 9.13 Å².